The Kier molecular flexibility index (Phi) is 4.83. The molecule has 0 spiro atoms. The van der Waals surface area contributed by atoms with Crippen molar-refractivity contribution in [3.05, 3.63) is 65.4 Å². The molecule has 1 aromatic carbocycles. The van der Waals surface area contributed by atoms with Crippen LogP contribution in [0.25, 0.3) is 10.9 Å². The number of carbonyl (C=O) groups is 1. The van der Waals surface area contributed by atoms with Crippen LogP contribution in [0.5, 0.6) is 0 Å². The monoisotopic (exact) mass is 339 g/mol. The van der Waals surface area contributed by atoms with Crippen molar-refractivity contribution in [3.63, 3.8) is 0 Å². The fourth-order valence-corrected chi connectivity index (χ4v) is 3.35. The van der Waals surface area contributed by atoms with Crippen LogP contribution in [-0.4, -0.2) is 27.8 Å². The average molecular weight is 339 g/mol. The highest BCUT2D eigenvalue weighted by Crippen LogP contribution is 2.27. The fourth-order valence-electron chi connectivity index (χ4n) is 3.35. The summed E-state index contributed by atoms with van der Waals surface area (Å²) >= 11 is 0. The first-order valence-electron chi connectivity index (χ1n) is 8.44. The molecule has 2 heterocycles. The summed E-state index contributed by atoms with van der Waals surface area (Å²) < 4.78 is 13.9. The number of aryl methyl sites for hydroxylation is 1. The minimum Gasteiger partial charge on any atom is -0.356 e. The Labute approximate surface area is 146 Å². The Balaban J connectivity index is 1.87. The van der Waals surface area contributed by atoms with Gasteiger partial charge in [-0.2, -0.15) is 0 Å². The number of H-pyrrole nitrogens is 1. The molecule has 5 heteroatoms. The summed E-state index contributed by atoms with van der Waals surface area (Å²) in [5, 5.41) is 0.772. The molecule has 130 valence electrons. The molecule has 1 amide bonds. The van der Waals surface area contributed by atoms with Crippen LogP contribution in [0.2, 0.25) is 0 Å². The molecule has 0 saturated carbocycles. The minimum absolute atomic E-state index is 0.00367. The van der Waals surface area contributed by atoms with E-state index in [-0.39, 0.29) is 24.2 Å². The zero-order valence-electron chi connectivity index (χ0n) is 14.7. The number of aromatic amines is 1. The number of halogens is 1. The molecule has 1 N–H and O–H groups in total. The van der Waals surface area contributed by atoms with Gasteiger partial charge in [-0.05, 0) is 36.6 Å². The van der Waals surface area contributed by atoms with Gasteiger partial charge in [0.15, 0.2) is 0 Å². The second-order valence-electron chi connectivity index (χ2n) is 6.28. The van der Waals surface area contributed by atoms with Crippen molar-refractivity contribution in [3.8, 4) is 0 Å². The first kappa shape index (κ1) is 17.1. The molecule has 3 rings (SSSR count). The molecule has 0 aliphatic heterocycles. The van der Waals surface area contributed by atoms with Crippen LogP contribution in [0.1, 0.15) is 36.2 Å². The average Bonchev–Trinajstić information content (AvgIpc) is 2.94. The van der Waals surface area contributed by atoms with Crippen LogP contribution < -0.4 is 0 Å². The summed E-state index contributed by atoms with van der Waals surface area (Å²) in [5.41, 5.74) is 3.16. The van der Waals surface area contributed by atoms with Gasteiger partial charge in [-0.25, -0.2) is 4.39 Å². The van der Waals surface area contributed by atoms with Crippen LogP contribution in [-0.2, 0) is 11.2 Å². The zero-order valence-corrected chi connectivity index (χ0v) is 14.7. The maximum atomic E-state index is 13.9. The summed E-state index contributed by atoms with van der Waals surface area (Å²) in [6, 6.07) is 8.78. The van der Waals surface area contributed by atoms with E-state index in [0.29, 0.717) is 5.52 Å². The van der Waals surface area contributed by atoms with Crippen molar-refractivity contribution < 1.29 is 9.18 Å². The van der Waals surface area contributed by atoms with Gasteiger partial charge in [0.2, 0.25) is 5.91 Å². The van der Waals surface area contributed by atoms with Crippen molar-refractivity contribution >= 4 is 16.8 Å². The Morgan fingerprint density at radius 3 is 2.80 bits per heavy atom. The van der Waals surface area contributed by atoms with Crippen molar-refractivity contribution in [1.82, 2.24) is 14.9 Å². The quantitative estimate of drug-likeness (QED) is 0.759. The number of likely N-dealkylation sites (N-methyl/N-ethyl adjacent to an activating group) is 1. The topological polar surface area (TPSA) is 49.0 Å². The van der Waals surface area contributed by atoms with Gasteiger partial charge in [0.25, 0.3) is 0 Å². The maximum Gasteiger partial charge on any atom is 0.227 e. The molecule has 0 aliphatic carbocycles. The van der Waals surface area contributed by atoms with Crippen LogP contribution in [0.4, 0.5) is 4.39 Å². The molecule has 0 radical (unpaired) electrons. The zero-order chi connectivity index (χ0) is 18.0. The predicted octanol–water partition coefficient (Wildman–Crippen LogP) is 4.16. The Morgan fingerprint density at radius 1 is 1.32 bits per heavy atom. The lowest BCUT2D eigenvalue weighted by molar-refractivity contribution is -0.131. The summed E-state index contributed by atoms with van der Waals surface area (Å²) in [6.45, 7) is 3.92. The molecule has 3 aromatic rings. The van der Waals surface area contributed by atoms with E-state index in [1.165, 1.54) is 6.07 Å². The minimum atomic E-state index is -0.297. The highest BCUT2D eigenvalue weighted by Gasteiger charge is 2.22. The molecule has 25 heavy (non-hydrogen) atoms. The molecule has 0 fully saturated rings. The van der Waals surface area contributed by atoms with Gasteiger partial charge in [-0.15, -0.1) is 0 Å². The van der Waals surface area contributed by atoms with Crippen LogP contribution >= 0.6 is 0 Å². The van der Waals surface area contributed by atoms with E-state index in [1.807, 2.05) is 39.1 Å². The van der Waals surface area contributed by atoms with E-state index in [4.69, 9.17) is 0 Å². The third-order valence-electron chi connectivity index (χ3n) is 4.75. The number of benzene rings is 1. The largest absolute Gasteiger partial charge is 0.356 e. The van der Waals surface area contributed by atoms with Gasteiger partial charge in [-0.3, -0.25) is 9.78 Å². The van der Waals surface area contributed by atoms with Crippen molar-refractivity contribution in [2.24, 2.45) is 0 Å². The van der Waals surface area contributed by atoms with E-state index >= 15 is 0 Å². The van der Waals surface area contributed by atoms with E-state index in [9.17, 15) is 9.18 Å². The third kappa shape index (κ3) is 3.27. The molecule has 4 nitrogen and oxygen atoms in total. The van der Waals surface area contributed by atoms with Crippen molar-refractivity contribution in [1.29, 1.82) is 0 Å². The van der Waals surface area contributed by atoms with Gasteiger partial charge >= 0.3 is 0 Å². The van der Waals surface area contributed by atoms with Crippen LogP contribution in [0, 0.1) is 12.7 Å². The standard InChI is InChI=1S/C20H22FN3O/c1-4-18(14-7-6-10-22-12-14)24(3)19(25)11-16-13(2)23-20-15(16)8-5-9-17(20)21/h5-10,12,18,23H,4,11H2,1-3H3/t18-/m0/s1. The Morgan fingerprint density at radius 2 is 2.12 bits per heavy atom. The summed E-state index contributed by atoms with van der Waals surface area (Å²) in [4.78, 5) is 21.8. The number of carbonyl (C=O) groups excluding carboxylic acids is 1. The van der Waals surface area contributed by atoms with E-state index in [2.05, 4.69) is 9.97 Å². The summed E-state index contributed by atoms with van der Waals surface area (Å²) in [7, 11) is 1.81. The lowest BCUT2D eigenvalue weighted by Gasteiger charge is -2.27. The molecule has 1 atom stereocenters. The van der Waals surface area contributed by atoms with E-state index in [0.717, 1.165) is 28.6 Å². The Bertz CT molecular complexity index is 889. The molecule has 0 aliphatic rings. The SMILES string of the molecule is CC[C@@H](c1cccnc1)N(C)C(=O)Cc1c(C)[nH]c2c(F)cccc12. The van der Waals surface area contributed by atoms with Crippen LogP contribution in [0.15, 0.2) is 42.7 Å². The number of aromatic nitrogens is 2. The predicted molar refractivity (Wildman–Crippen MR) is 96.7 cm³/mol. The number of nitrogens with one attached hydrogen (secondary N) is 1. The lowest BCUT2D eigenvalue weighted by atomic mass is 10.0. The number of rotatable bonds is 5. The second-order valence-corrected chi connectivity index (χ2v) is 6.28. The first-order chi connectivity index (χ1) is 12.0. The van der Waals surface area contributed by atoms with E-state index in [1.54, 1.807) is 23.4 Å². The summed E-state index contributed by atoms with van der Waals surface area (Å²) in [6.07, 6.45) is 4.56. The molecule has 0 saturated heterocycles. The normalized spacial score (nSPS) is 12.3. The number of nitrogens with zero attached hydrogens (tertiary/aromatic N) is 2. The van der Waals surface area contributed by atoms with Gasteiger partial charge in [0.1, 0.15) is 5.82 Å². The maximum absolute atomic E-state index is 13.9. The van der Waals surface area contributed by atoms with Crippen molar-refractivity contribution in [2.75, 3.05) is 7.05 Å². The van der Waals surface area contributed by atoms with Crippen molar-refractivity contribution in [2.45, 2.75) is 32.7 Å². The third-order valence-corrected chi connectivity index (χ3v) is 4.75. The number of fused-ring (bicyclic) bond motifs is 1. The number of amides is 1. The lowest BCUT2D eigenvalue weighted by Crippen LogP contribution is -2.32. The number of hydrogen-bond acceptors (Lipinski definition) is 2. The first-order valence-corrected chi connectivity index (χ1v) is 8.44. The molecule has 2 aromatic heterocycles. The Hall–Kier alpha value is -2.69. The van der Waals surface area contributed by atoms with Crippen LogP contribution in [0.3, 0.4) is 0 Å². The number of pyridine rings is 1. The second kappa shape index (κ2) is 7.05. The molecule has 0 bridgehead atoms. The fraction of sp³-hybridized carbons (Fsp3) is 0.300. The highest BCUT2D eigenvalue weighted by molar-refractivity contribution is 5.90. The molecular weight excluding hydrogens is 317 g/mol. The number of para-hydroxylation sites is 1. The van der Waals surface area contributed by atoms with Gasteiger partial charge in [0.05, 0.1) is 18.0 Å². The molecule has 0 unspecified atom stereocenters. The van der Waals surface area contributed by atoms with E-state index < -0.39 is 0 Å². The number of hydrogen-bond donors (Lipinski definition) is 1. The van der Waals surface area contributed by atoms with Gasteiger partial charge < -0.3 is 9.88 Å². The smallest absolute Gasteiger partial charge is 0.227 e. The van der Waals surface area contributed by atoms with Gasteiger partial charge in [0, 0.05) is 30.5 Å². The molecular formula is C20H22FN3O. The highest BCUT2D eigenvalue weighted by atomic mass is 19.1. The van der Waals surface area contributed by atoms with Gasteiger partial charge in [-0.1, -0.05) is 25.1 Å². The summed E-state index contributed by atoms with van der Waals surface area (Å²) in [5.74, 6) is -0.293.